The molecule has 2 aromatic heterocycles. The summed E-state index contributed by atoms with van der Waals surface area (Å²) in [7, 11) is -3.80. The number of pyridine rings is 2. The van der Waals surface area contributed by atoms with Crippen LogP contribution < -0.4 is 15.5 Å². The highest BCUT2D eigenvalue weighted by Gasteiger charge is 2.36. The third kappa shape index (κ3) is 5.08. The Balaban J connectivity index is 1.29. The zero-order valence-corrected chi connectivity index (χ0v) is 21.7. The number of nitrogens with zero attached hydrogens (tertiary/aromatic N) is 5. The summed E-state index contributed by atoms with van der Waals surface area (Å²) < 4.78 is 58.1. The van der Waals surface area contributed by atoms with Gasteiger partial charge in [-0.1, -0.05) is 11.6 Å². The van der Waals surface area contributed by atoms with Crippen LogP contribution in [-0.4, -0.2) is 67.4 Å². The number of nitrogens with two attached hydrogens (primary N) is 1. The van der Waals surface area contributed by atoms with Crippen molar-refractivity contribution in [3.05, 3.63) is 77.2 Å². The van der Waals surface area contributed by atoms with E-state index < -0.39 is 15.9 Å². The van der Waals surface area contributed by atoms with E-state index in [1.807, 2.05) is 0 Å². The molecular weight excluding hydrogens is 538 g/mol. The molecule has 4 heterocycles. The lowest BCUT2D eigenvalue weighted by Crippen LogP contribution is -2.49. The third-order valence-corrected chi connectivity index (χ3v) is 8.80. The highest BCUT2D eigenvalue weighted by atomic mass is 35.5. The summed E-state index contributed by atoms with van der Waals surface area (Å²) in [6.45, 7) is 1.14. The molecule has 2 aliphatic rings. The first-order valence-electron chi connectivity index (χ1n) is 11.9. The van der Waals surface area contributed by atoms with E-state index in [1.54, 1.807) is 21.9 Å². The third-order valence-electron chi connectivity index (χ3n) is 6.69. The van der Waals surface area contributed by atoms with Crippen LogP contribution in [0.25, 0.3) is 0 Å². The zero-order chi connectivity index (χ0) is 27.1. The lowest BCUT2D eigenvalue weighted by atomic mass is 10.0. The van der Waals surface area contributed by atoms with Gasteiger partial charge in [0.25, 0.3) is 5.92 Å². The number of hydrogen-bond acceptors (Lipinski definition) is 7. The van der Waals surface area contributed by atoms with Crippen LogP contribution in [0.2, 0.25) is 5.15 Å². The van der Waals surface area contributed by atoms with E-state index >= 15 is 8.78 Å². The molecule has 13 heteroatoms. The van der Waals surface area contributed by atoms with Gasteiger partial charge in [0.2, 0.25) is 15.9 Å². The van der Waals surface area contributed by atoms with E-state index in [0.717, 1.165) is 6.07 Å². The van der Waals surface area contributed by atoms with E-state index in [1.165, 1.54) is 47.0 Å². The average Bonchev–Trinajstić information content (AvgIpc) is 3.26. The second kappa shape index (κ2) is 10.2. The van der Waals surface area contributed by atoms with Crippen LogP contribution in [0.1, 0.15) is 17.5 Å². The number of sulfonamides is 1. The van der Waals surface area contributed by atoms with Crippen LogP contribution in [0.5, 0.6) is 0 Å². The van der Waals surface area contributed by atoms with Gasteiger partial charge in [0.15, 0.2) is 0 Å². The molecule has 1 aromatic carbocycles. The Kier molecular flexibility index (Phi) is 7.07. The van der Waals surface area contributed by atoms with Crippen molar-refractivity contribution in [1.82, 2.24) is 14.3 Å². The molecule has 200 valence electrons. The van der Waals surface area contributed by atoms with Gasteiger partial charge in [-0.2, -0.15) is 13.1 Å². The van der Waals surface area contributed by atoms with Crippen molar-refractivity contribution in [3.8, 4) is 0 Å². The van der Waals surface area contributed by atoms with Gasteiger partial charge >= 0.3 is 0 Å². The van der Waals surface area contributed by atoms with E-state index in [9.17, 15) is 13.2 Å². The molecule has 0 bridgehead atoms. The minimum absolute atomic E-state index is 0.0844. The number of carbonyl (C=O) groups is 1. The molecule has 9 nitrogen and oxygen atoms in total. The van der Waals surface area contributed by atoms with Gasteiger partial charge in [0.1, 0.15) is 11.0 Å². The second-order valence-electron chi connectivity index (χ2n) is 9.20. The lowest BCUT2D eigenvalue weighted by Gasteiger charge is -2.35. The summed E-state index contributed by atoms with van der Waals surface area (Å²) in [5, 5.41) is -0.0844. The first-order valence-corrected chi connectivity index (χ1v) is 13.7. The van der Waals surface area contributed by atoms with Crippen molar-refractivity contribution >= 4 is 39.0 Å². The topological polar surface area (TPSA) is 113 Å². The molecule has 1 atom stereocenters. The van der Waals surface area contributed by atoms with Gasteiger partial charge in [0.05, 0.1) is 4.90 Å². The number of benzene rings is 1. The molecule has 0 spiro atoms. The predicted molar refractivity (Wildman–Crippen MR) is 139 cm³/mol. The quantitative estimate of drug-likeness (QED) is 0.460. The lowest BCUT2D eigenvalue weighted by molar-refractivity contribution is -0.117. The molecule has 2 fully saturated rings. The first kappa shape index (κ1) is 26.4. The molecule has 2 saturated heterocycles. The molecule has 2 N–H and O–H groups in total. The van der Waals surface area contributed by atoms with Crippen molar-refractivity contribution in [2.45, 2.75) is 23.3 Å². The molecular formula is C25H25ClF2N6O3S. The maximum Gasteiger partial charge on any atom is 0.298 e. The number of halogens is 3. The molecule has 0 aliphatic carbocycles. The molecule has 5 rings (SSSR count). The summed E-state index contributed by atoms with van der Waals surface area (Å²) in [5.41, 5.74) is 5.91. The van der Waals surface area contributed by atoms with E-state index in [0.29, 0.717) is 12.2 Å². The fraction of sp³-hybridized carbons (Fsp3) is 0.320. The fourth-order valence-electron chi connectivity index (χ4n) is 4.64. The number of amides is 1. The van der Waals surface area contributed by atoms with Crippen molar-refractivity contribution < 1.29 is 22.0 Å². The van der Waals surface area contributed by atoms with Crippen LogP contribution in [0.4, 0.5) is 20.3 Å². The minimum Gasteiger partial charge on any atom is -0.354 e. The summed E-state index contributed by atoms with van der Waals surface area (Å²) >= 11 is 6.10. The molecule has 0 saturated carbocycles. The highest BCUT2D eigenvalue weighted by molar-refractivity contribution is 7.89. The highest BCUT2D eigenvalue weighted by Crippen LogP contribution is 2.38. The molecule has 1 amide bonds. The van der Waals surface area contributed by atoms with E-state index in [4.69, 9.17) is 17.3 Å². The van der Waals surface area contributed by atoms with Crippen LogP contribution >= 0.6 is 11.6 Å². The van der Waals surface area contributed by atoms with Gasteiger partial charge < -0.3 is 15.5 Å². The molecule has 2 aliphatic heterocycles. The smallest absolute Gasteiger partial charge is 0.298 e. The van der Waals surface area contributed by atoms with E-state index in [-0.39, 0.29) is 71.5 Å². The summed E-state index contributed by atoms with van der Waals surface area (Å²) in [6, 6.07) is 10.8. The van der Waals surface area contributed by atoms with Crippen molar-refractivity contribution in [2.24, 2.45) is 5.73 Å². The maximum absolute atomic E-state index is 15.1. The number of anilines is 2. The normalized spacial score (nSPS) is 19.3. The first-order chi connectivity index (χ1) is 18.1. The standard InChI is InChI=1S/C25H25ClF2N6O3S/c26-22-13-18(25(27,28)17-5-7-30-8-6-17)14-23(31-22)32-9-11-33(12-10-32)38(36,37)21-3-1-20(2-4-21)34-16-19(29)15-24(34)35/h1-8,13-14,19H,9-12,15-16,29H2. The Morgan fingerprint density at radius 1 is 0.974 bits per heavy atom. The van der Waals surface area contributed by atoms with Crippen LogP contribution in [0, 0.1) is 0 Å². The summed E-state index contributed by atoms with van der Waals surface area (Å²) in [4.78, 5) is 23.5. The minimum atomic E-state index is -3.80. The number of rotatable bonds is 6. The Morgan fingerprint density at radius 2 is 1.63 bits per heavy atom. The number of hydrogen-bond donors (Lipinski definition) is 1. The SMILES string of the molecule is NC1CC(=O)N(c2ccc(S(=O)(=O)N3CCN(c4cc(C(F)(F)c5ccncc5)cc(Cl)n4)CC3)cc2)C1. The monoisotopic (exact) mass is 562 g/mol. The molecule has 1 unspecified atom stereocenters. The largest absolute Gasteiger partial charge is 0.354 e. The van der Waals surface area contributed by atoms with Crippen molar-refractivity contribution in [1.29, 1.82) is 0 Å². The number of carbonyl (C=O) groups excluding carboxylic acids is 1. The summed E-state index contributed by atoms with van der Waals surface area (Å²) in [5.74, 6) is -3.16. The Labute approximate surface area is 223 Å². The van der Waals surface area contributed by atoms with Gasteiger partial charge in [-0.15, -0.1) is 0 Å². The van der Waals surface area contributed by atoms with Gasteiger partial charge in [-0.25, -0.2) is 13.4 Å². The number of piperazine rings is 1. The molecule has 0 radical (unpaired) electrons. The second-order valence-corrected chi connectivity index (χ2v) is 11.5. The molecule has 38 heavy (non-hydrogen) atoms. The van der Waals surface area contributed by atoms with Crippen LogP contribution in [0.15, 0.2) is 65.8 Å². The Morgan fingerprint density at radius 3 is 2.24 bits per heavy atom. The van der Waals surface area contributed by atoms with Gasteiger partial charge in [-0.3, -0.25) is 9.78 Å². The van der Waals surface area contributed by atoms with Crippen LogP contribution in [-0.2, 0) is 20.7 Å². The Hall–Kier alpha value is -3.19. The van der Waals surface area contributed by atoms with E-state index in [2.05, 4.69) is 9.97 Å². The molecule has 3 aromatic rings. The zero-order valence-electron chi connectivity index (χ0n) is 20.2. The van der Waals surface area contributed by atoms with Crippen molar-refractivity contribution in [2.75, 3.05) is 42.5 Å². The number of aromatic nitrogens is 2. The maximum atomic E-state index is 15.1. The fourth-order valence-corrected chi connectivity index (χ4v) is 6.27. The van der Waals surface area contributed by atoms with Gasteiger partial charge in [0, 0.05) is 74.4 Å². The van der Waals surface area contributed by atoms with Crippen molar-refractivity contribution in [3.63, 3.8) is 0 Å². The Bertz CT molecular complexity index is 1440. The summed E-state index contributed by atoms with van der Waals surface area (Å²) in [6.07, 6.45) is 2.84. The van der Waals surface area contributed by atoms with Gasteiger partial charge in [-0.05, 0) is 48.5 Å². The van der Waals surface area contributed by atoms with Crippen LogP contribution in [0.3, 0.4) is 0 Å². The predicted octanol–water partition coefficient (Wildman–Crippen LogP) is 2.85. The average molecular weight is 563 g/mol. The number of alkyl halides is 2.